The third kappa shape index (κ3) is 5.81. The molecule has 6 nitrogen and oxygen atoms in total. The maximum absolute atomic E-state index is 13.2. The number of carbonyl (C=O) groups is 2. The van der Waals surface area contributed by atoms with Crippen molar-refractivity contribution in [2.75, 3.05) is 26.7 Å². The molecule has 3 rings (SSSR count). The van der Waals surface area contributed by atoms with Gasteiger partial charge in [-0.3, -0.25) is 14.5 Å². The van der Waals surface area contributed by atoms with Gasteiger partial charge in [0.1, 0.15) is 12.4 Å². The minimum absolute atomic E-state index is 0.0128. The summed E-state index contributed by atoms with van der Waals surface area (Å²) in [5, 5.41) is 9.02. The first-order valence-corrected chi connectivity index (χ1v) is 10.0. The Bertz CT molecular complexity index is 825. The summed E-state index contributed by atoms with van der Waals surface area (Å²) in [6.45, 7) is 1.67. The molecule has 6 heteroatoms. The van der Waals surface area contributed by atoms with Gasteiger partial charge in [0.2, 0.25) is 0 Å². The van der Waals surface area contributed by atoms with Gasteiger partial charge in [0.15, 0.2) is 0 Å². The number of rotatable bonds is 7. The molecule has 1 aliphatic rings. The van der Waals surface area contributed by atoms with Crippen LogP contribution in [0, 0.1) is 0 Å². The van der Waals surface area contributed by atoms with Crippen LogP contribution in [0.4, 0.5) is 0 Å². The number of carbonyl (C=O) groups excluding carboxylic acids is 1. The molecule has 0 saturated carbocycles. The average molecular weight is 396 g/mol. The molecule has 1 aliphatic heterocycles. The average Bonchev–Trinajstić information content (AvgIpc) is 2.99. The van der Waals surface area contributed by atoms with E-state index in [9.17, 15) is 9.59 Å². The monoisotopic (exact) mass is 396 g/mol. The molecule has 0 bridgehead atoms. The highest BCUT2D eigenvalue weighted by Crippen LogP contribution is 2.20. The molecule has 154 valence electrons. The molecule has 0 aliphatic carbocycles. The summed E-state index contributed by atoms with van der Waals surface area (Å²) in [4.78, 5) is 27.9. The number of likely N-dealkylation sites (N-methyl/N-ethyl adjacent to an activating group) is 1. The molecule has 0 spiro atoms. The fourth-order valence-electron chi connectivity index (χ4n) is 3.77. The second-order valence-electron chi connectivity index (χ2n) is 7.44. The Morgan fingerprint density at radius 3 is 2.55 bits per heavy atom. The van der Waals surface area contributed by atoms with Gasteiger partial charge in [-0.15, -0.1) is 0 Å². The predicted octanol–water partition coefficient (Wildman–Crippen LogP) is 3.28. The molecular formula is C23H28N2O4. The Morgan fingerprint density at radius 2 is 1.79 bits per heavy atom. The summed E-state index contributed by atoms with van der Waals surface area (Å²) in [5.74, 6) is -0.0374. The van der Waals surface area contributed by atoms with E-state index < -0.39 is 5.97 Å². The zero-order chi connectivity index (χ0) is 20.6. The van der Waals surface area contributed by atoms with E-state index in [2.05, 4.69) is 0 Å². The number of carboxylic acids is 1. The first kappa shape index (κ1) is 20.9. The number of hydrogen-bond acceptors (Lipinski definition) is 4. The van der Waals surface area contributed by atoms with Crippen molar-refractivity contribution < 1.29 is 19.4 Å². The number of carboxylic acid groups (broad SMARTS) is 1. The second kappa shape index (κ2) is 10.1. The number of benzene rings is 2. The maximum Gasteiger partial charge on any atom is 0.317 e. The van der Waals surface area contributed by atoms with E-state index in [0.29, 0.717) is 25.3 Å². The van der Waals surface area contributed by atoms with Crippen LogP contribution in [0.2, 0.25) is 0 Å². The zero-order valence-electron chi connectivity index (χ0n) is 16.8. The van der Waals surface area contributed by atoms with Crippen LogP contribution in [0.5, 0.6) is 5.75 Å². The van der Waals surface area contributed by atoms with Crippen molar-refractivity contribution >= 4 is 11.9 Å². The summed E-state index contributed by atoms with van der Waals surface area (Å²) < 4.78 is 5.85. The highest BCUT2D eigenvalue weighted by molar-refractivity contribution is 5.95. The Kier molecular flexibility index (Phi) is 7.25. The Labute approximate surface area is 171 Å². The van der Waals surface area contributed by atoms with Crippen LogP contribution in [0.25, 0.3) is 0 Å². The first-order valence-electron chi connectivity index (χ1n) is 10.0. The molecule has 1 N–H and O–H groups in total. The summed E-state index contributed by atoms with van der Waals surface area (Å²) in [6, 6.07) is 17.3. The van der Waals surface area contributed by atoms with E-state index in [1.54, 1.807) is 0 Å². The lowest BCUT2D eigenvalue weighted by molar-refractivity contribution is -0.138. The van der Waals surface area contributed by atoms with Gasteiger partial charge < -0.3 is 14.7 Å². The molecule has 2 aromatic carbocycles. The van der Waals surface area contributed by atoms with Gasteiger partial charge in [-0.25, -0.2) is 0 Å². The Balaban J connectivity index is 1.65. The number of aliphatic carboxylic acids is 1. The topological polar surface area (TPSA) is 70.1 Å². The van der Waals surface area contributed by atoms with Crippen molar-refractivity contribution in [2.45, 2.75) is 31.9 Å². The zero-order valence-corrected chi connectivity index (χ0v) is 16.8. The van der Waals surface area contributed by atoms with Crippen LogP contribution >= 0.6 is 0 Å². The molecule has 1 amide bonds. The molecule has 29 heavy (non-hydrogen) atoms. The predicted molar refractivity (Wildman–Crippen MR) is 111 cm³/mol. The number of amides is 1. The molecule has 0 aromatic heterocycles. The van der Waals surface area contributed by atoms with E-state index in [0.717, 1.165) is 30.6 Å². The molecular weight excluding hydrogens is 368 g/mol. The summed E-state index contributed by atoms with van der Waals surface area (Å²) in [7, 11) is 1.84. The SMILES string of the molecule is CN(CC(=O)O)C1CCCN(C(=O)c2ccccc2COc2ccccc2)CC1. The third-order valence-electron chi connectivity index (χ3n) is 5.38. The van der Waals surface area contributed by atoms with Crippen LogP contribution < -0.4 is 4.74 Å². The van der Waals surface area contributed by atoms with Crippen LogP contribution in [0.15, 0.2) is 54.6 Å². The Morgan fingerprint density at radius 1 is 1.07 bits per heavy atom. The number of nitrogens with zero attached hydrogens (tertiary/aromatic N) is 2. The molecule has 0 radical (unpaired) electrons. The van der Waals surface area contributed by atoms with Crippen LogP contribution in [-0.4, -0.2) is 59.5 Å². The number of para-hydroxylation sites is 1. The lowest BCUT2D eigenvalue weighted by atomic mass is 10.1. The highest BCUT2D eigenvalue weighted by atomic mass is 16.5. The van der Waals surface area contributed by atoms with Gasteiger partial charge in [-0.1, -0.05) is 36.4 Å². The minimum Gasteiger partial charge on any atom is -0.489 e. The van der Waals surface area contributed by atoms with Crippen LogP contribution in [0.3, 0.4) is 0 Å². The standard InChI is InChI=1S/C23H28N2O4/c1-24(16-22(26)27)19-9-7-14-25(15-13-19)23(28)21-12-6-5-8-18(21)17-29-20-10-3-2-4-11-20/h2-6,8,10-12,19H,7,9,13-17H2,1H3,(H,26,27). The second-order valence-corrected chi connectivity index (χ2v) is 7.44. The van der Waals surface area contributed by atoms with Gasteiger partial charge in [0.25, 0.3) is 5.91 Å². The summed E-state index contributed by atoms with van der Waals surface area (Å²) in [6.07, 6.45) is 2.54. The molecule has 1 atom stereocenters. The quantitative estimate of drug-likeness (QED) is 0.778. The summed E-state index contributed by atoms with van der Waals surface area (Å²) >= 11 is 0. The van der Waals surface area contributed by atoms with E-state index in [4.69, 9.17) is 9.84 Å². The van der Waals surface area contributed by atoms with E-state index in [-0.39, 0.29) is 18.5 Å². The van der Waals surface area contributed by atoms with Crippen molar-refractivity contribution in [3.63, 3.8) is 0 Å². The van der Waals surface area contributed by atoms with Crippen molar-refractivity contribution in [3.8, 4) is 5.75 Å². The minimum atomic E-state index is -0.822. The fraction of sp³-hybridized carbons (Fsp3) is 0.391. The van der Waals surface area contributed by atoms with E-state index in [1.165, 1.54) is 0 Å². The third-order valence-corrected chi connectivity index (χ3v) is 5.38. The van der Waals surface area contributed by atoms with Gasteiger partial charge in [0.05, 0.1) is 6.54 Å². The normalized spacial score (nSPS) is 17.0. The number of hydrogen-bond donors (Lipinski definition) is 1. The lowest BCUT2D eigenvalue weighted by Crippen LogP contribution is -2.37. The largest absolute Gasteiger partial charge is 0.489 e. The first-order chi connectivity index (χ1) is 14.0. The number of likely N-dealkylation sites (tertiary alicyclic amines) is 1. The van der Waals surface area contributed by atoms with Gasteiger partial charge in [0, 0.05) is 30.3 Å². The maximum atomic E-state index is 13.2. The fourth-order valence-corrected chi connectivity index (χ4v) is 3.77. The smallest absolute Gasteiger partial charge is 0.317 e. The molecule has 1 saturated heterocycles. The van der Waals surface area contributed by atoms with Gasteiger partial charge in [-0.2, -0.15) is 0 Å². The van der Waals surface area contributed by atoms with Crippen molar-refractivity contribution in [3.05, 3.63) is 65.7 Å². The molecule has 2 aromatic rings. The Hall–Kier alpha value is -2.86. The highest BCUT2D eigenvalue weighted by Gasteiger charge is 2.25. The van der Waals surface area contributed by atoms with Crippen LogP contribution in [0.1, 0.15) is 35.2 Å². The summed E-state index contributed by atoms with van der Waals surface area (Å²) in [5.41, 5.74) is 1.53. The van der Waals surface area contributed by atoms with Crippen molar-refractivity contribution in [1.82, 2.24) is 9.80 Å². The lowest BCUT2D eigenvalue weighted by Gasteiger charge is -2.26. The van der Waals surface area contributed by atoms with Gasteiger partial charge >= 0.3 is 5.97 Å². The number of ether oxygens (including phenoxy) is 1. The van der Waals surface area contributed by atoms with Crippen LogP contribution in [-0.2, 0) is 11.4 Å². The van der Waals surface area contributed by atoms with Crippen molar-refractivity contribution in [1.29, 1.82) is 0 Å². The molecule has 1 unspecified atom stereocenters. The van der Waals surface area contributed by atoms with E-state index in [1.807, 2.05) is 71.4 Å². The molecule has 1 fully saturated rings. The van der Waals surface area contributed by atoms with Gasteiger partial charge in [-0.05, 0) is 44.5 Å². The molecule has 1 heterocycles. The van der Waals surface area contributed by atoms with E-state index >= 15 is 0 Å². The van der Waals surface area contributed by atoms with Crippen molar-refractivity contribution in [2.24, 2.45) is 0 Å².